The zero-order valence-corrected chi connectivity index (χ0v) is 18.0. The number of hydrogen-bond donors (Lipinski definition) is 0. The van der Waals surface area contributed by atoms with Crippen LogP contribution in [0.1, 0.15) is 67.1 Å². The average Bonchev–Trinajstić information content (AvgIpc) is 2.66. The third-order valence-electron chi connectivity index (χ3n) is 5.78. The van der Waals surface area contributed by atoms with E-state index in [-0.39, 0.29) is 17.3 Å². The lowest BCUT2D eigenvalue weighted by Gasteiger charge is -2.47. The highest BCUT2D eigenvalue weighted by molar-refractivity contribution is 5.90. The summed E-state index contributed by atoms with van der Waals surface area (Å²) in [7, 11) is 1.35. The van der Waals surface area contributed by atoms with E-state index in [4.69, 9.17) is 4.74 Å². The maximum Gasteiger partial charge on any atom is 0.337 e. The summed E-state index contributed by atoms with van der Waals surface area (Å²) in [6.07, 6.45) is 2.59. The fourth-order valence-electron chi connectivity index (χ4n) is 4.40. The molecule has 0 amide bonds. The molecule has 3 rings (SSSR count). The maximum absolute atomic E-state index is 14.9. The summed E-state index contributed by atoms with van der Waals surface area (Å²) in [5.41, 5.74) is 4.61. The number of benzene rings is 2. The Hall–Kier alpha value is -2.69. The van der Waals surface area contributed by atoms with Crippen molar-refractivity contribution in [3.63, 3.8) is 0 Å². The quantitative estimate of drug-likeness (QED) is 0.486. The van der Waals surface area contributed by atoms with Gasteiger partial charge < -0.3 is 9.64 Å². The minimum Gasteiger partial charge on any atom is -0.465 e. The molecule has 0 fully saturated rings. The van der Waals surface area contributed by atoms with Gasteiger partial charge in [0.15, 0.2) is 0 Å². The Kier molecular flexibility index (Phi) is 5.78. The Morgan fingerprint density at radius 1 is 1.34 bits per heavy atom. The zero-order chi connectivity index (χ0) is 21.3. The molecule has 1 heterocycles. The summed E-state index contributed by atoms with van der Waals surface area (Å²) in [5, 5.41) is 0. The highest BCUT2D eigenvalue weighted by atomic mass is 19.1. The van der Waals surface area contributed by atoms with Gasteiger partial charge in [0.2, 0.25) is 0 Å². The van der Waals surface area contributed by atoms with Gasteiger partial charge in [-0.2, -0.15) is 0 Å². The van der Waals surface area contributed by atoms with Gasteiger partial charge in [-0.05, 0) is 81.5 Å². The lowest BCUT2D eigenvalue weighted by atomic mass is 9.79. The number of esters is 1. The zero-order valence-electron chi connectivity index (χ0n) is 18.0. The van der Waals surface area contributed by atoms with Gasteiger partial charge in [-0.15, -0.1) is 0 Å². The average molecular weight is 397 g/mol. The minimum absolute atomic E-state index is 0.00169. The second kappa shape index (κ2) is 7.97. The molecule has 5 heteroatoms. The third kappa shape index (κ3) is 4.04. The lowest BCUT2D eigenvalue weighted by Crippen LogP contribution is -2.48. The van der Waals surface area contributed by atoms with E-state index in [0.29, 0.717) is 22.7 Å². The standard InChI is InChI=1S/C24H29FN2O2/c1-7-27-22-12-20(25)18(11-19(22)16(3)13-24(27,4)5)14-26-21-9-8-17(10-15(21)2)23(28)29-6/h8-12,14,16H,7,13H2,1-6H3. The first-order valence-corrected chi connectivity index (χ1v) is 10.0. The molecule has 1 aliphatic heterocycles. The molecule has 2 aromatic rings. The lowest BCUT2D eigenvalue weighted by molar-refractivity contribution is 0.0600. The van der Waals surface area contributed by atoms with Gasteiger partial charge in [0, 0.05) is 29.5 Å². The first kappa shape index (κ1) is 21.0. The molecule has 0 radical (unpaired) electrons. The molecule has 0 spiro atoms. The van der Waals surface area contributed by atoms with Crippen LogP contribution in [0.25, 0.3) is 0 Å². The highest BCUT2D eigenvalue weighted by Gasteiger charge is 2.36. The molecular formula is C24H29FN2O2. The van der Waals surface area contributed by atoms with Gasteiger partial charge in [-0.1, -0.05) is 6.92 Å². The van der Waals surface area contributed by atoms with Crippen LogP contribution in [0, 0.1) is 12.7 Å². The smallest absolute Gasteiger partial charge is 0.337 e. The normalized spacial score (nSPS) is 18.0. The number of halogens is 1. The van der Waals surface area contributed by atoms with Crippen molar-refractivity contribution < 1.29 is 13.9 Å². The summed E-state index contributed by atoms with van der Waals surface area (Å²) in [6.45, 7) is 11.4. The van der Waals surface area contributed by atoms with Gasteiger partial charge in [-0.25, -0.2) is 9.18 Å². The van der Waals surface area contributed by atoms with E-state index in [1.807, 2.05) is 13.0 Å². The van der Waals surface area contributed by atoms with Crippen molar-refractivity contribution >= 4 is 23.6 Å². The number of aliphatic imine (C=N–C) groups is 1. The van der Waals surface area contributed by atoms with Crippen molar-refractivity contribution in [2.45, 2.75) is 52.5 Å². The molecule has 1 aliphatic rings. The summed E-state index contributed by atoms with van der Waals surface area (Å²) in [5.74, 6) is -0.321. The Balaban J connectivity index is 1.95. The number of nitrogens with zero attached hydrogens (tertiary/aromatic N) is 2. The van der Waals surface area contributed by atoms with Crippen LogP contribution in [0.15, 0.2) is 35.3 Å². The van der Waals surface area contributed by atoms with Gasteiger partial charge in [0.25, 0.3) is 0 Å². The van der Waals surface area contributed by atoms with Gasteiger partial charge in [0.05, 0.1) is 18.4 Å². The Morgan fingerprint density at radius 3 is 2.69 bits per heavy atom. The third-order valence-corrected chi connectivity index (χ3v) is 5.78. The fourth-order valence-corrected chi connectivity index (χ4v) is 4.40. The summed E-state index contributed by atoms with van der Waals surface area (Å²) < 4.78 is 19.6. The van der Waals surface area contributed by atoms with Crippen LogP contribution >= 0.6 is 0 Å². The van der Waals surface area contributed by atoms with Crippen molar-refractivity contribution in [2.75, 3.05) is 18.6 Å². The van der Waals surface area contributed by atoms with E-state index in [9.17, 15) is 9.18 Å². The molecule has 0 aliphatic carbocycles. The van der Waals surface area contributed by atoms with Crippen LogP contribution in [0.2, 0.25) is 0 Å². The second-order valence-corrected chi connectivity index (χ2v) is 8.35. The van der Waals surface area contributed by atoms with E-state index >= 15 is 0 Å². The summed E-state index contributed by atoms with van der Waals surface area (Å²) in [4.78, 5) is 18.4. The van der Waals surface area contributed by atoms with Crippen molar-refractivity contribution in [1.29, 1.82) is 0 Å². The Labute approximate surface area is 172 Å². The monoisotopic (exact) mass is 396 g/mol. The number of rotatable bonds is 4. The van der Waals surface area contributed by atoms with E-state index in [1.165, 1.54) is 7.11 Å². The van der Waals surface area contributed by atoms with Crippen molar-refractivity contribution in [3.8, 4) is 0 Å². The van der Waals surface area contributed by atoms with Gasteiger partial charge in [0.1, 0.15) is 5.82 Å². The molecule has 29 heavy (non-hydrogen) atoms. The number of carbonyl (C=O) groups excluding carboxylic acids is 1. The number of aryl methyl sites for hydroxylation is 1. The number of hydrogen-bond acceptors (Lipinski definition) is 4. The molecule has 1 unspecified atom stereocenters. The van der Waals surface area contributed by atoms with E-state index in [0.717, 1.165) is 29.8 Å². The SMILES string of the molecule is CCN1c2cc(F)c(C=Nc3ccc(C(=O)OC)cc3C)cc2C(C)CC1(C)C. The molecule has 0 aromatic heterocycles. The number of methoxy groups -OCH3 is 1. The molecule has 2 aromatic carbocycles. The van der Waals surface area contributed by atoms with Crippen LogP contribution in [-0.2, 0) is 4.74 Å². The molecule has 1 atom stereocenters. The summed E-state index contributed by atoms with van der Waals surface area (Å²) >= 11 is 0. The van der Waals surface area contributed by atoms with Gasteiger partial charge in [-0.3, -0.25) is 4.99 Å². The van der Waals surface area contributed by atoms with Crippen molar-refractivity contribution in [3.05, 3.63) is 58.4 Å². The van der Waals surface area contributed by atoms with Crippen LogP contribution in [0.4, 0.5) is 15.8 Å². The largest absolute Gasteiger partial charge is 0.465 e. The fraction of sp³-hybridized carbons (Fsp3) is 0.417. The van der Waals surface area contributed by atoms with E-state index in [2.05, 4.69) is 37.6 Å². The first-order valence-electron chi connectivity index (χ1n) is 10.0. The molecule has 0 bridgehead atoms. The number of anilines is 1. The van der Waals surface area contributed by atoms with Crippen LogP contribution in [0.5, 0.6) is 0 Å². The molecule has 0 saturated carbocycles. The van der Waals surface area contributed by atoms with Crippen molar-refractivity contribution in [1.82, 2.24) is 0 Å². The first-order chi connectivity index (χ1) is 13.7. The van der Waals surface area contributed by atoms with E-state index < -0.39 is 0 Å². The Bertz CT molecular complexity index is 966. The van der Waals surface area contributed by atoms with Gasteiger partial charge >= 0.3 is 5.97 Å². The maximum atomic E-state index is 14.9. The number of carbonyl (C=O) groups is 1. The molecule has 0 saturated heterocycles. The van der Waals surface area contributed by atoms with Crippen molar-refractivity contribution in [2.24, 2.45) is 4.99 Å². The minimum atomic E-state index is -0.387. The number of ether oxygens (including phenoxy) is 1. The predicted octanol–water partition coefficient (Wildman–Crippen LogP) is 5.78. The van der Waals surface area contributed by atoms with E-state index in [1.54, 1.807) is 30.5 Å². The highest BCUT2D eigenvalue weighted by Crippen LogP contribution is 2.43. The Morgan fingerprint density at radius 2 is 2.07 bits per heavy atom. The second-order valence-electron chi connectivity index (χ2n) is 8.35. The number of fused-ring (bicyclic) bond motifs is 1. The molecule has 4 nitrogen and oxygen atoms in total. The van der Waals surface area contributed by atoms with Crippen LogP contribution < -0.4 is 4.90 Å². The molecule has 0 N–H and O–H groups in total. The predicted molar refractivity (Wildman–Crippen MR) is 116 cm³/mol. The summed E-state index contributed by atoms with van der Waals surface area (Å²) in [6, 6.07) is 8.71. The van der Waals surface area contributed by atoms with Crippen LogP contribution in [0.3, 0.4) is 0 Å². The van der Waals surface area contributed by atoms with Crippen LogP contribution in [-0.4, -0.2) is 31.4 Å². The topological polar surface area (TPSA) is 41.9 Å². The molecule has 154 valence electrons. The molecular weight excluding hydrogens is 367 g/mol.